The van der Waals surface area contributed by atoms with Crippen molar-refractivity contribution in [3.05, 3.63) is 88.9 Å². The van der Waals surface area contributed by atoms with Crippen LogP contribution in [0.4, 0.5) is 24.5 Å². The third-order valence-corrected chi connectivity index (χ3v) is 6.41. The number of alkyl halides is 3. The van der Waals surface area contributed by atoms with Crippen LogP contribution in [0.3, 0.4) is 0 Å². The summed E-state index contributed by atoms with van der Waals surface area (Å²) >= 11 is 5.59. The molecule has 2 N–H and O–H groups in total. The van der Waals surface area contributed by atoms with Crippen molar-refractivity contribution < 1.29 is 35.9 Å². The van der Waals surface area contributed by atoms with Crippen molar-refractivity contribution in [3.8, 4) is 5.75 Å². The monoisotopic (exact) mass is 582 g/mol. The Morgan fingerprint density at radius 3 is 2.31 bits per heavy atom. The Hall–Kier alpha value is -4.10. The van der Waals surface area contributed by atoms with Crippen LogP contribution < -0.4 is 19.8 Å². The van der Waals surface area contributed by atoms with Gasteiger partial charge in [-0.25, -0.2) is 13.8 Å². The molecule has 0 aliphatic rings. The van der Waals surface area contributed by atoms with Gasteiger partial charge in [0.1, 0.15) is 12.3 Å². The number of para-hydroxylation sites is 1. The molecule has 0 unspecified atom stereocenters. The van der Waals surface area contributed by atoms with Crippen molar-refractivity contribution >= 4 is 51.0 Å². The molecule has 9 nitrogen and oxygen atoms in total. The number of hydrazone groups is 1. The molecule has 0 heterocycles. The smallest absolute Gasteiger partial charge is 0.417 e. The van der Waals surface area contributed by atoms with Crippen molar-refractivity contribution in [1.82, 2.24) is 5.43 Å². The number of ether oxygens (including phenoxy) is 1. The van der Waals surface area contributed by atoms with Gasteiger partial charge in [0.2, 0.25) is 10.0 Å². The lowest BCUT2D eigenvalue weighted by Gasteiger charge is -2.22. The number of benzene rings is 3. The van der Waals surface area contributed by atoms with E-state index >= 15 is 0 Å². The summed E-state index contributed by atoms with van der Waals surface area (Å²) < 4.78 is 69.9. The van der Waals surface area contributed by atoms with Gasteiger partial charge in [0.05, 0.1) is 28.7 Å². The van der Waals surface area contributed by atoms with E-state index in [4.69, 9.17) is 16.3 Å². The first-order valence-electron chi connectivity index (χ1n) is 11.1. The minimum Gasteiger partial charge on any atom is -0.484 e. The first-order valence-corrected chi connectivity index (χ1v) is 13.3. The van der Waals surface area contributed by atoms with E-state index in [2.05, 4.69) is 15.8 Å². The lowest BCUT2D eigenvalue weighted by atomic mass is 10.2. The predicted octanol–water partition coefficient (Wildman–Crippen LogP) is 4.29. The zero-order valence-electron chi connectivity index (χ0n) is 20.3. The number of carbonyl (C=O) groups is 2. The molecule has 0 saturated carbocycles. The molecular weight excluding hydrogens is 561 g/mol. The van der Waals surface area contributed by atoms with Crippen LogP contribution in [0.15, 0.2) is 77.9 Å². The van der Waals surface area contributed by atoms with Crippen LogP contribution in [-0.4, -0.2) is 45.9 Å². The molecule has 39 heavy (non-hydrogen) atoms. The van der Waals surface area contributed by atoms with Crippen LogP contribution in [0, 0.1) is 0 Å². The first kappa shape index (κ1) is 29.5. The number of amides is 2. The highest BCUT2D eigenvalue weighted by Gasteiger charge is 2.34. The van der Waals surface area contributed by atoms with Gasteiger partial charge in [-0.05, 0) is 60.2 Å². The fourth-order valence-corrected chi connectivity index (χ4v) is 4.22. The topological polar surface area (TPSA) is 117 Å². The third-order valence-electron chi connectivity index (χ3n) is 4.94. The van der Waals surface area contributed by atoms with Crippen molar-refractivity contribution in [2.24, 2.45) is 5.10 Å². The minimum atomic E-state index is -4.82. The highest BCUT2D eigenvalue weighted by molar-refractivity contribution is 7.92. The van der Waals surface area contributed by atoms with E-state index in [1.165, 1.54) is 6.21 Å². The summed E-state index contributed by atoms with van der Waals surface area (Å²) in [6, 6.07) is 17.7. The van der Waals surface area contributed by atoms with E-state index in [0.29, 0.717) is 27.4 Å². The second kappa shape index (κ2) is 12.6. The van der Waals surface area contributed by atoms with Crippen LogP contribution in [-0.2, 0) is 25.8 Å². The highest BCUT2D eigenvalue weighted by atomic mass is 35.5. The molecule has 206 valence electrons. The maximum absolute atomic E-state index is 13.2. The SMILES string of the molecule is CS(=O)(=O)N(CC(=O)N/N=C\c1ccc(OCC(=O)Nc2ccccc2)cc1)c1ccc(Cl)c(C(F)(F)F)c1. The second-order valence-electron chi connectivity index (χ2n) is 8.00. The molecule has 3 rings (SSSR count). The van der Waals surface area contributed by atoms with Gasteiger partial charge in [-0.15, -0.1) is 0 Å². The number of nitrogens with one attached hydrogen (secondary N) is 2. The molecule has 0 aromatic heterocycles. The van der Waals surface area contributed by atoms with E-state index in [9.17, 15) is 31.2 Å². The number of anilines is 2. The van der Waals surface area contributed by atoms with Gasteiger partial charge in [0.15, 0.2) is 6.61 Å². The summed E-state index contributed by atoms with van der Waals surface area (Å²) in [5.41, 5.74) is 1.67. The van der Waals surface area contributed by atoms with Crippen molar-refractivity contribution in [3.63, 3.8) is 0 Å². The number of sulfonamides is 1. The molecule has 0 radical (unpaired) electrons. The normalized spacial score (nSPS) is 11.7. The van der Waals surface area contributed by atoms with Gasteiger partial charge in [-0.3, -0.25) is 13.9 Å². The van der Waals surface area contributed by atoms with Crippen LogP contribution in [0.2, 0.25) is 5.02 Å². The van der Waals surface area contributed by atoms with E-state index < -0.39 is 39.2 Å². The third kappa shape index (κ3) is 9.00. The standard InChI is InChI=1S/C25H22ClF3N4O5S/c1-39(36,37)33(19-9-12-22(26)21(13-19)25(27,28)29)15-23(34)32-30-14-17-7-10-20(11-8-17)38-16-24(35)31-18-5-3-2-4-6-18/h2-14H,15-16H2,1H3,(H,31,35)(H,32,34)/b30-14-. The molecule has 0 saturated heterocycles. The molecule has 0 bridgehead atoms. The predicted molar refractivity (Wildman–Crippen MR) is 141 cm³/mol. The Bertz CT molecular complexity index is 1450. The van der Waals surface area contributed by atoms with Crippen LogP contribution in [0.5, 0.6) is 5.75 Å². The molecule has 0 aliphatic heterocycles. The summed E-state index contributed by atoms with van der Waals surface area (Å²) in [6.45, 7) is -1.04. The molecule has 0 fully saturated rings. The number of halogens is 4. The summed E-state index contributed by atoms with van der Waals surface area (Å²) in [5, 5.41) is 5.81. The summed E-state index contributed by atoms with van der Waals surface area (Å²) in [5.74, 6) is -0.833. The van der Waals surface area contributed by atoms with Crippen molar-refractivity contribution in [2.75, 3.05) is 29.0 Å². The summed E-state index contributed by atoms with van der Waals surface area (Å²) in [7, 11) is -4.13. The Labute approximate surface area is 227 Å². The Morgan fingerprint density at radius 2 is 1.69 bits per heavy atom. The van der Waals surface area contributed by atoms with E-state index in [0.717, 1.165) is 18.4 Å². The maximum Gasteiger partial charge on any atom is 0.417 e. The molecule has 2 amide bonds. The number of nitrogens with zero attached hydrogens (tertiary/aromatic N) is 2. The Kier molecular flexibility index (Phi) is 9.54. The van der Waals surface area contributed by atoms with Crippen molar-refractivity contribution in [2.45, 2.75) is 6.18 Å². The van der Waals surface area contributed by atoms with Gasteiger partial charge >= 0.3 is 6.18 Å². The first-order chi connectivity index (χ1) is 18.3. The van der Waals surface area contributed by atoms with E-state index in [1.54, 1.807) is 48.5 Å². The van der Waals surface area contributed by atoms with Gasteiger partial charge in [-0.2, -0.15) is 18.3 Å². The molecule has 0 spiro atoms. The molecule has 0 aliphatic carbocycles. The lowest BCUT2D eigenvalue weighted by Crippen LogP contribution is -2.39. The summed E-state index contributed by atoms with van der Waals surface area (Å²) in [6.07, 6.45) is -2.81. The number of hydrogen-bond donors (Lipinski definition) is 2. The number of hydrogen-bond acceptors (Lipinski definition) is 6. The zero-order chi connectivity index (χ0) is 28.6. The highest BCUT2D eigenvalue weighted by Crippen LogP contribution is 2.37. The van der Waals surface area contributed by atoms with Crippen molar-refractivity contribution in [1.29, 1.82) is 0 Å². The lowest BCUT2D eigenvalue weighted by molar-refractivity contribution is -0.137. The zero-order valence-corrected chi connectivity index (χ0v) is 21.8. The fraction of sp³-hybridized carbons (Fsp3) is 0.160. The number of rotatable bonds is 10. The Morgan fingerprint density at radius 1 is 1.03 bits per heavy atom. The average molecular weight is 583 g/mol. The molecule has 14 heteroatoms. The number of carbonyl (C=O) groups excluding carboxylic acids is 2. The van der Waals surface area contributed by atoms with Gasteiger partial charge < -0.3 is 10.1 Å². The molecule has 0 atom stereocenters. The summed E-state index contributed by atoms with van der Waals surface area (Å²) in [4.78, 5) is 24.3. The largest absolute Gasteiger partial charge is 0.484 e. The second-order valence-corrected chi connectivity index (χ2v) is 10.3. The quantitative estimate of drug-likeness (QED) is 0.273. The van der Waals surface area contributed by atoms with Crippen LogP contribution >= 0.6 is 11.6 Å². The van der Waals surface area contributed by atoms with E-state index in [-0.39, 0.29) is 18.2 Å². The van der Waals surface area contributed by atoms with Crippen LogP contribution in [0.25, 0.3) is 0 Å². The van der Waals surface area contributed by atoms with Gasteiger partial charge in [-0.1, -0.05) is 29.8 Å². The molecule has 3 aromatic carbocycles. The van der Waals surface area contributed by atoms with Gasteiger partial charge in [0, 0.05) is 5.69 Å². The molecule has 3 aromatic rings. The minimum absolute atomic E-state index is 0.215. The van der Waals surface area contributed by atoms with Gasteiger partial charge in [0.25, 0.3) is 11.8 Å². The Balaban J connectivity index is 1.56. The maximum atomic E-state index is 13.2. The van der Waals surface area contributed by atoms with E-state index in [1.807, 2.05) is 6.07 Å². The fourth-order valence-electron chi connectivity index (χ4n) is 3.15. The van der Waals surface area contributed by atoms with Crippen LogP contribution in [0.1, 0.15) is 11.1 Å². The molecular formula is C25H22ClF3N4O5S. The average Bonchev–Trinajstić information content (AvgIpc) is 2.86.